The molecular formula is C19H19N5O3S. The van der Waals surface area contributed by atoms with E-state index in [9.17, 15) is 4.79 Å². The number of aromatic nitrogens is 1. The van der Waals surface area contributed by atoms with Gasteiger partial charge in [-0.3, -0.25) is 10.2 Å². The fraction of sp³-hybridized carbons (Fsp3) is 0.105. The number of rotatable bonds is 8. The van der Waals surface area contributed by atoms with Gasteiger partial charge in [-0.1, -0.05) is 24.3 Å². The summed E-state index contributed by atoms with van der Waals surface area (Å²) < 4.78 is 10.9. The highest BCUT2D eigenvalue weighted by Crippen LogP contribution is 2.23. The third kappa shape index (κ3) is 5.21. The number of hydrogen-bond donors (Lipinski definition) is 3. The third-order valence-electron chi connectivity index (χ3n) is 3.54. The first-order chi connectivity index (χ1) is 13.7. The van der Waals surface area contributed by atoms with Gasteiger partial charge in [0.25, 0.3) is 5.91 Å². The van der Waals surface area contributed by atoms with E-state index in [4.69, 9.17) is 15.2 Å². The van der Waals surface area contributed by atoms with Crippen LogP contribution in [0.2, 0.25) is 0 Å². The van der Waals surface area contributed by atoms with Crippen LogP contribution in [0.15, 0.2) is 59.0 Å². The molecular weight excluding hydrogens is 378 g/mol. The van der Waals surface area contributed by atoms with Crippen LogP contribution >= 0.6 is 11.3 Å². The molecule has 4 N–H and O–H groups in total. The van der Waals surface area contributed by atoms with E-state index < -0.39 is 0 Å². The Morgan fingerprint density at radius 1 is 1.21 bits per heavy atom. The van der Waals surface area contributed by atoms with Crippen LogP contribution in [0.25, 0.3) is 0 Å². The molecule has 0 aliphatic heterocycles. The average Bonchev–Trinajstić information content (AvgIpc) is 3.12. The van der Waals surface area contributed by atoms with Crippen LogP contribution < -0.4 is 25.9 Å². The number of nitrogens with one attached hydrogen (secondary N) is 2. The van der Waals surface area contributed by atoms with Gasteiger partial charge in [-0.15, -0.1) is 11.3 Å². The second kappa shape index (κ2) is 9.38. The SMILES string of the molecule is COc1ccccc1NC(=O)COc1ccccc1C=NNc1nc(N)cs1. The van der Waals surface area contributed by atoms with E-state index in [1.807, 2.05) is 30.3 Å². The predicted octanol–water partition coefficient (Wildman–Crippen LogP) is 3.20. The number of ether oxygens (including phenoxy) is 2. The molecule has 1 aromatic heterocycles. The normalized spacial score (nSPS) is 10.6. The van der Waals surface area contributed by atoms with Gasteiger partial charge in [-0.2, -0.15) is 5.10 Å². The first-order valence-corrected chi connectivity index (χ1v) is 9.18. The average molecular weight is 397 g/mol. The van der Waals surface area contributed by atoms with Crippen molar-refractivity contribution >= 4 is 40.1 Å². The van der Waals surface area contributed by atoms with Crippen LogP contribution in [-0.4, -0.2) is 30.8 Å². The summed E-state index contributed by atoms with van der Waals surface area (Å²) in [7, 11) is 1.55. The summed E-state index contributed by atoms with van der Waals surface area (Å²) in [4.78, 5) is 16.3. The summed E-state index contributed by atoms with van der Waals surface area (Å²) in [5.74, 6) is 1.25. The molecule has 0 spiro atoms. The number of amides is 1. The highest BCUT2D eigenvalue weighted by Gasteiger charge is 2.09. The van der Waals surface area contributed by atoms with Crippen LogP contribution in [0.1, 0.15) is 5.56 Å². The van der Waals surface area contributed by atoms with Crippen LogP contribution in [-0.2, 0) is 4.79 Å². The number of carbonyl (C=O) groups excluding carboxylic acids is 1. The van der Waals surface area contributed by atoms with Crippen molar-refractivity contribution in [1.82, 2.24) is 4.98 Å². The Morgan fingerprint density at radius 2 is 1.96 bits per heavy atom. The van der Waals surface area contributed by atoms with Crippen molar-refractivity contribution in [2.75, 3.05) is 30.2 Å². The predicted molar refractivity (Wildman–Crippen MR) is 111 cm³/mol. The lowest BCUT2D eigenvalue weighted by Gasteiger charge is -2.11. The molecule has 1 heterocycles. The highest BCUT2D eigenvalue weighted by molar-refractivity contribution is 7.14. The van der Waals surface area contributed by atoms with Gasteiger partial charge in [0, 0.05) is 10.9 Å². The van der Waals surface area contributed by atoms with Gasteiger partial charge in [-0.05, 0) is 24.3 Å². The molecule has 0 saturated carbocycles. The highest BCUT2D eigenvalue weighted by atomic mass is 32.1. The summed E-state index contributed by atoms with van der Waals surface area (Å²) >= 11 is 1.35. The minimum atomic E-state index is -0.298. The molecule has 0 aliphatic carbocycles. The topological polar surface area (TPSA) is 111 Å². The molecule has 2 aromatic carbocycles. The Morgan fingerprint density at radius 3 is 2.71 bits per heavy atom. The maximum atomic E-state index is 12.2. The van der Waals surface area contributed by atoms with Gasteiger partial charge >= 0.3 is 0 Å². The Kier molecular flexibility index (Phi) is 6.42. The molecule has 0 saturated heterocycles. The van der Waals surface area contributed by atoms with Gasteiger partial charge in [0.05, 0.1) is 19.0 Å². The molecule has 0 aliphatic rings. The number of nitrogens with zero attached hydrogens (tertiary/aromatic N) is 2. The second-order valence-electron chi connectivity index (χ2n) is 5.52. The summed E-state index contributed by atoms with van der Waals surface area (Å²) in [6.45, 7) is -0.153. The molecule has 144 valence electrons. The zero-order valence-corrected chi connectivity index (χ0v) is 15.9. The monoisotopic (exact) mass is 397 g/mol. The van der Waals surface area contributed by atoms with Crippen molar-refractivity contribution in [3.8, 4) is 11.5 Å². The van der Waals surface area contributed by atoms with E-state index in [0.29, 0.717) is 33.7 Å². The van der Waals surface area contributed by atoms with Crippen LogP contribution in [0.3, 0.4) is 0 Å². The fourth-order valence-corrected chi connectivity index (χ4v) is 2.84. The maximum Gasteiger partial charge on any atom is 0.262 e. The maximum absolute atomic E-state index is 12.2. The Labute approximate surface area is 166 Å². The molecule has 0 radical (unpaired) electrons. The van der Waals surface area contributed by atoms with Crippen molar-refractivity contribution in [2.24, 2.45) is 5.10 Å². The number of benzene rings is 2. The van der Waals surface area contributed by atoms with E-state index in [-0.39, 0.29) is 12.5 Å². The molecule has 28 heavy (non-hydrogen) atoms. The summed E-state index contributed by atoms with van der Waals surface area (Å²) in [6, 6.07) is 14.4. The molecule has 8 nitrogen and oxygen atoms in total. The summed E-state index contributed by atoms with van der Waals surface area (Å²) in [5, 5.41) is 9.19. The number of hydrogen-bond acceptors (Lipinski definition) is 8. The largest absolute Gasteiger partial charge is 0.495 e. The van der Waals surface area contributed by atoms with Gasteiger partial charge in [0.1, 0.15) is 17.3 Å². The van der Waals surface area contributed by atoms with Gasteiger partial charge < -0.3 is 20.5 Å². The number of thiazole rings is 1. The van der Waals surface area contributed by atoms with Crippen LogP contribution in [0.4, 0.5) is 16.6 Å². The lowest BCUT2D eigenvalue weighted by Crippen LogP contribution is -2.20. The standard InChI is InChI=1S/C19H19N5O3S/c1-26-16-9-5-3-7-14(16)22-18(25)11-27-15-8-4-2-6-13(15)10-21-24-19-23-17(20)12-28-19/h2-10,12H,11,20H2,1H3,(H,22,25)(H,23,24). The zero-order chi connectivity index (χ0) is 19.8. The molecule has 0 unspecified atom stereocenters. The smallest absolute Gasteiger partial charge is 0.262 e. The van der Waals surface area contributed by atoms with Gasteiger partial charge in [-0.25, -0.2) is 4.98 Å². The molecule has 9 heteroatoms. The number of anilines is 3. The molecule has 0 bridgehead atoms. The number of nitrogen functional groups attached to an aromatic ring is 1. The fourth-order valence-electron chi connectivity index (χ4n) is 2.29. The molecule has 3 rings (SSSR count). The van der Waals surface area contributed by atoms with E-state index in [1.165, 1.54) is 11.3 Å². The van der Waals surface area contributed by atoms with Crippen molar-refractivity contribution in [2.45, 2.75) is 0 Å². The number of hydrazone groups is 1. The van der Waals surface area contributed by atoms with Crippen molar-refractivity contribution < 1.29 is 14.3 Å². The molecule has 1 amide bonds. The van der Waals surface area contributed by atoms with Gasteiger partial charge in [0.15, 0.2) is 6.61 Å². The van der Waals surface area contributed by atoms with Crippen molar-refractivity contribution in [3.63, 3.8) is 0 Å². The minimum absolute atomic E-state index is 0.153. The van der Waals surface area contributed by atoms with E-state index >= 15 is 0 Å². The summed E-state index contributed by atoms with van der Waals surface area (Å²) in [5.41, 5.74) is 9.66. The number of carbonyl (C=O) groups is 1. The van der Waals surface area contributed by atoms with E-state index in [2.05, 4.69) is 20.8 Å². The van der Waals surface area contributed by atoms with E-state index in [0.717, 1.165) is 0 Å². The number of para-hydroxylation sites is 3. The van der Waals surface area contributed by atoms with Gasteiger partial charge in [0.2, 0.25) is 5.13 Å². The van der Waals surface area contributed by atoms with Crippen molar-refractivity contribution in [3.05, 3.63) is 59.5 Å². The molecule has 0 fully saturated rings. The number of nitrogens with two attached hydrogens (primary N) is 1. The Hall–Kier alpha value is -3.59. The Bertz CT molecular complexity index is 973. The quantitative estimate of drug-likeness (QED) is 0.398. The number of methoxy groups -OCH3 is 1. The lowest BCUT2D eigenvalue weighted by atomic mass is 10.2. The zero-order valence-electron chi connectivity index (χ0n) is 15.1. The first-order valence-electron chi connectivity index (χ1n) is 8.30. The van der Waals surface area contributed by atoms with Crippen LogP contribution in [0, 0.1) is 0 Å². The third-order valence-corrected chi connectivity index (χ3v) is 4.31. The minimum Gasteiger partial charge on any atom is -0.495 e. The molecule has 3 aromatic rings. The molecule has 0 atom stereocenters. The summed E-state index contributed by atoms with van der Waals surface area (Å²) in [6.07, 6.45) is 1.59. The first kappa shape index (κ1) is 19.2. The van der Waals surface area contributed by atoms with Crippen molar-refractivity contribution in [1.29, 1.82) is 0 Å². The van der Waals surface area contributed by atoms with Crippen LogP contribution in [0.5, 0.6) is 11.5 Å². The second-order valence-corrected chi connectivity index (χ2v) is 6.38. The Balaban J connectivity index is 1.59. The van der Waals surface area contributed by atoms with E-state index in [1.54, 1.807) is 36.9 Å². The lowest BCUT2D eigenvalue weighted by molar-refractivity contribution is -0.118.